The number of ether oxygens (including phenoxy) is 3. The first-order valence-corrected chi connectivity index (χ1v) is 9.35. The Labute approximate surface area is 155 Å². The molecule has 0 saturated carbocycles. The highest BCUT2D eigenvalue weighted by molar-refractivity contribution is 7.89. The van der Waals surface area contributed by atoms with E-state index in [0.29, 0.717) is 17.2 Å². The standard InChI is InChI=1S/C17H17FN2O6S/c1-10(17(21)19-12-4-6-13-15(8-12)26-9-25-13)20-27(22,23)16-7-11(18)3-5-14(16)24-2/h3-8,10,20H,9H2,1-2H3,(H,19,21). The number of methoxy groups -OCH3 is 1. The van der Waals surface area contributed by atoms with E-state index in [0.717, 1.165) is 12.1 Å². The van der Waals surface area contributed by atoms with Crippen LogP contribution >= 0.6 is 0 Å². The first kappa shape index (κ1) is 18.9. The Morgan fingerprint density at radius 1 is 1.19 bits per heavy atom. The second-order valence-corrected chi connectivity index (χ2v) is 7.38. The van der Waals surface area contributed by atoms with Crippen LogP contribution in [-0.4, -0.2) is 34.3 Å². The van der Waals surface area contributed by atoms with Crippen LogP contribution in [-0.2, 0) is 14.8 Å². The van der Waals surface area contributed by atoms with Gasteiger partial charge in [0.2, 0.25) is 22.7 Å². The quantitative estimate of drug-likeness (QED) is 0.773. The molecule has 2 aromatic carbocycles. The maximum absolute atomic E-state index is 13.5. The summed E-state index contributed by atoms with van der Waals surface area (Å²) in [5, 5.41) is 2.58. The lowest BCUT2D eigenvalue weighted by Gasteiger charge is -2.16. The van der Waals surface area contributed by atoms with E-state index < -0.39 is 32.7 Å². The number of carbonyl (C=O) groups is 1. The third kappa shape index (κ3) is 4.12. The van der Waals surface area contributed by atoms with Crippen LogP contribution in [0.2, 0.25) is 0 Å². The predicted molar refractivity (Wildman–Crippen MR) is 93.9 cm³/mol. The van der Waals surface area contributed by atoms with Crippen LogP contribution < -0.4 is 24.2 Å². The van der Waals surface area contributed by atoms with Gasteiger partial charge in [0.25, 0.3) is 0 Å². The lowest BCUT2D eigenvalue weighted by molar-refractivity contribution is -0.117. The molecule has 27 heavy (non-hydrogen) atoms. The number of carbonyl (C=O) groups excluding carboxylic acids is 1. The van der Waals surface area contributed by atoms with E-state index in [2.05, 4.69) is 10.0 Å². The third-order valence-electron chi connectivity index (χ3n) is 3.78. The molecule has 0 aromatic heterocycles. The molecule has 3 rings (SSSR count). The van der Waals surface area contributed by atoms with Gasteiger partial charge in [-0.1, -0.05) is 0 Å². The Bertz CT molecular complexity index is 979. The van der Waals surface area contributed by atoms with Crippen molar-refractivity contribution in [3.05, 3.63) is 42.2 Å². The number of halogens is 1. The summed E-state index contributed by atoms with van der Waals surface area (Å²) in [7, 11) is -2.93. The maximum atomic E-state index is 13.5. The van der Waals surface area contributed by atoms with Gasteiger partial charge in [0, 0.05) is 11.8 Å². The molecule has 8 nitrogen and oxygen atoms in total. The van der Waals surface area contributed by atoms with Crippen LogP contribution in [0.25, 0.3) is 0 Å². The molecule has 144 valence electrons. The minimum atomic E-state index is -4.19. The van der Waals surface area contributed by atoms with Crippen LogP contribution in [0.3, 0.4) is 0 Å². The molecule has 0 fully saturated rings. The van der Waals surface area contributed by atoms with Crippen molar-refractivity contribution in [3.63, 3.8) is 0 Å². The van der Waals surface area contributed by atoms with Gasteiger partial charge in [0.1, 0.15) is 16.5 Å². The van der Waals surface area contributed by atoms with Gasteiger partial charge in [-0.3, -0.25) is 4.79 Å². The first-order valence-electron chi connectivity index (χ1n) is 7.86. The molecular weight excluding hydrogens is 379 g/mol. The fourth-order valence-corrected chi connectivity index (χ4v) is 3.82. The molecule has 0 aliphatic carbocycles. The molecular formula is C17H17FN2O6S. The average molecular weight is 396 g/mol. The van der Waals surface area contributed by atoms with Gasteiger partial charge in [-0.05, 0) is 37.3 Å². The molecule has 0 radical (unpaired) electrons. The van der Waals surface area contributed by atoms with Crippen molar-refractivity contribution in [2.45, 2.75) is 17.9 Å². The summed E-state index contributed by atoms with van der Waals surface area (Å²) in [5.74, 6) is -0.348. The molecule has 1 aliphatic rings. The zero-order chi connectivity index (χ0) is 19.6. The predicted octanol–water partition coefficient (Wildman–Crippen LogP) is 1.87. The number of benzene rings is 2. The van der Waals surface area contributed by atoms with Crippen molar-refractivity contribution in [1.82, 2.24) is 4.72 Å². The average Bonchev–Trinajstić information content (AvgIpc) is 3.09. The Morgan fingerprint density at radius 3 is 2.67 bits per heavy atom. The molecule has 0 spiro atoms. The smallest absolute Gasteiger partial charge is 0.245 e. The number of amides is 1. The topological polar surface area (TPSA) is 103 Å². The Kier molecular flexibility index (Phi) is 5.19. The second kappa shape index (κ2) is 7.41. The van der Waals surface area contributed by atoms with E-state index in [9.17, 15) is 17.6 Å². The minimum Gasteiger partial charge on any atom is -0.495 e. The fraction of sp³-hybridized carbons (Fsp3) is 0.235. The number of fused-ring (bicyclic) bond motifs is 1. The number of rotatable bonds is 6. The van der Waals surface area contributed by atoms with Gasteiger partial charge in [0.05, 0.1) is 13.2 Å². The summed E-state index contributed by atoms with van der Waals surface area (Å²) in [6, 6.07) is 6.76. The van der Waals surface area contributed by atoms with E-state index >= 15 is 0 Å². The van der Waals surface area contributed by atoms with E-state index in [4.69, 9.17) is 14.2 Å². The van der Waals surface area contributed by atoms with E-state index in [1.54, 1.807) is 18.2 Å². The van der Waals surface area contributed by atoms with Crippen molar-refractivity contribution in [2.24, 2.45) is 0 Å². The van der Waals surface area contributed by atoms with Gasteiger partial charge >= 0.3 is 0 Å². The number of sulfonamides is 1. The second-order valence-electron chi connectivity index (χ2n) is 5.70. The Balaban J connectivity index is 1.73. The number of hydrogen-bond donors (Lipinski definition) is 2. The summed E-state index contributed by atoms with van der Waals surface area (Å²) in [6.07, 6.45) is 0. The molecule has 0 bridgehead atoms. The normalized spacial score (nSPS) is 13.9. The van der Waals surface area contributed by atoms with Crippen LogP contribution in [0.15, 0.2) is 41.3 Å². The molecule has 2 N–H and O–H groups in total. The maximum Gasteiger partial charge on any atom is 0.245 e. The highest BCUT2D eigenvalue weighted by Crippen LogP contribution is 2.34. The summed E-state index contributed by atoms with van der Waals surface area (Å²) >= 11 is 0. The summed E-state index contributed by atoms with van der Waals surface area (Å²) in [6.45, 7) is 1.46. The molecule has 1 aliphatic heterocycles. The summed E-state index contributed by atoms with van der Waals surface area (Å²) in [4.78, 5) is 11.9. The number of nitrogens with one attached hydrogen (secondary N) is 2. The van der Waals surface area contributed by atoms with Crippen LogP contribution in [0.1, 0.15) is 6.92 Å². The Hall–Kier alpha value is -2.85. The third-order valence-corrected chi connectivity index (χ3v) is 5.34. The van der Waals surface area contributed by atoms with E-state index in [1.165, 1.54) is 20.1 Å². The largest absolute Gasteiger partial charge is 0.495 e. The fourth-order valence-electron chi connectivity index (χ4n) is 2.44. The van der Waals surface area contributed by atoms with Gasteiger partial charge < -0.3 is 19.5 Å². The summed E-state index contributed by atoms with van der Waals surface area (Å²) in [5.41, 5.74) is 0.415. The van der Waals surface area contributed by atoms with Crippen molar-refractivity contribution < 1.29 is 31.8 Å². The van der Waals surface area contributed by atoms with Gasteiger partial charge in [-0.2, -0.15) is 4.72 Å². The molecule has 10 heteroatoms. The Morgan fingerprint density at radius 2 is 1.93 bits per heavy atom. The lowest BCUT2D eigenvalue weighted by Crippen LogP contribution is -2.41. The van der Waals surface area contributed by atoms with Crippen molar-refractivity contribution >= 4 is 21.6 Å². The lowest BCUT2D eigenvalue weighted by atomic mass is 10.2. The molecule has 1 atom stereocenters. The number of hydrogen-bond acceptors (Lipinski definition) is 6. The monoisotopic (exact) mass is 396 g/mol. The first-order chi connectivity index (χ1) is 12.8. The van der Waals surface area contributed by atoms with Crippen molar-refractivity contribution in [3.8, 4) is 17.2 Å². The van der Waals surface area contributed by atoms with Gasteiger partial charge in [-0.25, -0.2) is 12.8 Å². The van der Waals surface area contributed by atoms with E-state index in [-0.39, 0.29) is 12.5 Å². The van der Waals surface area contributed by atoms with E-state index in [1.807, 2.05) is 0 Å². The molecule has 1 heterocycles. The molecule has 2 aromatic rings. The van der Waals surface area contributed by atoms with Crippen LogP contribution in [0.4, 0.5) is 10.1 Å². The SMILES string of the molecule is COc1ccc(F)cc1S(=O)(=O)NC(C)C(=O)Nc1ccc2c(c1)OCO2. The van der Waals surface area contributed by atoms with Crippen LogP contribution in [0.5, 0.6) is 17.2 Å². The van der Waals surface area contributed by atoms with Crippen molar-refractivity contribution in [2.75, 3.05) is 19.2 Å². The zero-order valence-electron chi connectivity index (χ0n) is 14.5. The summed E-state index contributed by atoms with van der Waals surface area (Å²) < 4.78 is 56.0. The zero-order valence-corrected chi connectivity index (χ0v) is 15.3. The minimum absolute atomic E-state index is 0.0349. The van der Waals surface area contributed by atoms with Crippen LogP contribution in [0, 0.1) is 5.82 Å². The highest BCUT2D eigenvalue weighted by atomic mass is 32.2. The highest BCUT2D eigenvalue weighted by Gasteiger charge is 2.26. The molecule has 0 saturated heterocycles. The number of anilines is 1. The molecule has 1 amide bonds. The van der Waals surface area contributed by atoms with Gasteiger partial charge in [0.15, 0.2) is 11.5 Å². The van der Waals surface area contributed by atoms with Crippen molar-refractivity contribution in [1.29, 1.82) is 0 Å². The van der Waals surface area contributed by atoms with Gasteiger partial charge in [-0.15, -0.1) is 0 Å². The molecule has 1 unspecified atom stereocenters.